The smallest absolute Gasteiger partial charge is 0.335 e. The molecule has 0 aliphatic heterocycles. The zero-order chi connectivity index (χ0) is 53.5. The Morgan fingerprint density at radius 3 is 0.264 bits per heavy atom. The number of carboxylic acids is 8. The first kappa shape index (κ1) is 59.5. The van der Waals surface area contributed by atoms with Crippen molar-refractivity contribution in [1.29, 1.82) is 0 Å². The van der Waals surface area contributed by atoms with Gasteiger partial charge in [-0.15, -0.1) is 0 Å². The molecule has 0 radical (unpaired) electrons. The minimum atomic E-state index is -0.879. The van der Waals surface area contributed by atoms with E-state index < -0.39 is 47.8 Å². The molecule has 8 N–H and O–H groups in total. The van der Waals surface area contributed by atoms with Gasteiger partial charge in [0, 0.05) is 0 Å². The van der Waals surface area contributed by atoms with Crippen LogP contribution < -0.4 is 0 Å². The van der Waals surface area contributed by atoms with Crippen LogP contribution in [-0.2, 0) is 0 Å². The molecule has 16 heteroatoms. The number of benzene rings is 8. The molecule has 8 rings (SSSR count). The Hall–Kier alpha value is -10.5. The molecule has 0 spiro atoms. The first-order valence-corrected chi connectivity index (χ1v) is 20.7. The summed E-state index contributed by atoms with van der Waals surface area (Å²) in [5.41, 5.74) is 2.65. The van der Waals surface area contributed by atoms with Gasteiger partial charge in [-0.2, -0.15) is 0 Å². The molecule has 0 bridgehead atoms. The van der Waals surface area contributed by atoms with Gasteiger partial charge in [0.25, 0.3) is 0 Å². The van der Waals surface area contributed by atoms with Gasteiger partial charge in [0.2, 0.25) is 0 Å². The summed E-state index contributed by atoms with van der Waals surface area (Å²) in [5, 5.41) is 67.1. The van der Waals surface area contributed by atoms with Crippen molar-refractivity contribution in [1.82, 2.24) is 0 Å². The summed E-state index contributed by atoms with van der Waals surface area (Å²) >= 11 is 0. The van der Waals surface area contributed by atoms with Crippen molar-refractivity contribution in [3.05, 3.63) is 287 Å². The van der Waals surface area contributed by atoms with Crippen LogP contribution in [0.5, 0.6) is 0 Å². The van der Waals surface area contributed by atoms with Crippen LogP contribution in [0.15, 0.2) is 243 Å². The number of carbonyl (C=O) groups is 8. The van der Waals surface area contributed by atoms with Crippen LogP contribution in [0, 0.1) is 0 Å². The van der Waals surface area contributed by atoms with E-state index >= 15 is 0 Å². The molecule has 0 atom stereocenters. The van der Waals surface area contributed by atoms with Crippen LogP contribution in [0.3, 0.4) is 0 Å². The SMILES string of the molecule is O=C(O)c1ccccc1.O=C(O)c1ccccc1.O=C(O)c1ccccc1.O=C(O)c1ccccc1.O=C(O)c1ccccc1.O=C(O)c1ccccc1.O=C(O)c1ccccc1.O=C(O)c1ccccc1. The van der Waals surface area contributed by atoms with E-state index in [1.165, 1.54) is 0 Å². The highest BCUT2D eigenvalue weighted by Crippen LogP contribution is 2.01. The van der Waals surface area contributed by atoms with E-state index in [1.807, 2.05) is 0 Å². The van der Waals surface area contributed by atoms with Gasteiger partial charge in [-0.3, -0.25) is 0 Å². The minimum absolute atomic E-state index is 0.331. The average Bonchev–Trinajstić information content (AvgIpc) is 3.42. The number of hydrogen-bond donors (Lipinski definition) is 8. The highest BCUT2D eigenvalue weighted by Gasteiger charge is 2.01. The van der Waals surface area contributed by atoms with Gasteiger partial charge in [-0.25, -0.2) is 38.4 Å². The van der Waals surface area contributed by atoms with E-state index in [2.05, 4.69) is 0 Å². The first-order valence-electron chi connectivity index (χ1n) is 20.7. The van der Waals surface area contributed by atoms with Crippen molar-refractivity contribution in [3.63, 3.8) is 0 Å². The van der Waals surface area contributed by atoms with Crippen molar-refractivity contribution in [2.45, 2.75) is 0 Å². The second-order valence-corrected chi connectivity index (χ2v) is 13.4. The number of hydrogen-bond acceptors (Lipinski definition) is 8. The summed E-state index contributed by atoms with van der Waals surface area (Å²) in [7, 11) is 0. The van der Waals surface area contributed by atoms with Gasteiger partial charge in [-0.1, -0.05) is 146 Å². The molecule has 0 fully saturated rings. The second-order valence-electron chi connectivity index (χ2n) is 13.4. The molecule has 0 aliphatic carbocycles. The summed E-state index contributed by atoms with van der Waals surface area (Å²) in [4.78, 5) is 81.6. The Balaban J connectivity index is 0.000000411. The Bertz CT molecular complexity index is 2220. The minimum Gasteiger partial charge on any atom is -0.478 e. The van der Waals surface area contributed by atoms with E-state index in [-0.39, 0.29) is 0 Å². The monoisotopic (exact) mass is 976 g/mol. The molecular formula is C56H48O16. The number of aromatic carboxylic acids is 8. The van der Waals surface area contributed by atoms with Gasteiger partial charge in [-0.05, 0) is 97.1 Å². The third-order valence-electron chi connectivity index (χ3n) is 8.17. The Labute approximate surface area is 412 Å². The van der Waals surface area contributed by atoms with Crippen molar-refractivity contribution >= 4 is 47.8 Å². The van der Waals surface area contributed by atoms with E-state index in [0.29, 0.717) is 44.5 Å². The zero-order valence-electron chi connectivity index (χ0n) is 37.9. The van der Waals surface area contributed by atoms with Crippen molar-refractivity contribution in [2.75, 3.05) is 0 Å². The fourth-order valence-electron chi connectivity index (χ4n) is 4.65. The highest BCUT2D eigenvalue weighted by atomic mass is 16.4. The van der Waals surface area contributed by atoms with E-state index in [9.17, 15) is 38.4 Å². The largest absolute Gasteiger partial charge is 0.478 e. The van der Waals surface area contributed by atoms with E-state index in [1.54, 1.807) is 243 Å². The maximum atomic E-state index is 10.2. The Kier molecular flexibility index (Phi) is 29.5. The molecule has 16 nitrogen and oxygen atoms in total. The standard InChI is InChI=1S/8C7H6O2/c8*8-7(9)6-4-2-1-3-5-6/h8*1-5H,(H,8,9). The summed E-state index contributed by atoms with van der Waals surface area (Å²) in [6.45, 7) is 0. The normalized spacial score (nSPS) is 8.89. The Morgan fingerprint density at radius 2 is 0.222 bits per heavy atom. The molecule has 0 saturated carbocycles. The van der Waals surface area contributed by atoms with Gasteiger partial charge < -0.3 is 40.9 Å². The molecule has 0 unspecified atom stereocenters. The number of carboxylic acid groups (broad SMARTS) is 8. The van der Waals surface area contributed by atoms with Gasteiger partial charge in [0.15, 0.2) is 0 Å². The Morgan fingerprint density at radius 1 is 0.153 bits per heavy atom. The van der Waals surface area contributed by atoms with Crippen molar-refractivity contribution < 1.29 is 79.2 Å². The third-order valence-corrected chi connectivity index (χ3v) is 8.17. The third kappa shape index (κ3) is 27.9. The lowest BCUT2D eigenvalue weighted by atomic mass is 10.2. The lowest BCUT2D eigenvalue weighted by molar-refractivity contribution is 0.0686. The summed E-state index contributed by atoms with van der Waals surface area (Å²) < 4.78 is 0. The maximum absolute atomic E-state index is 10.2. The molecule has 8 aromatic rings. The molecular weight excluding hydrogens is 929 g/mol. The molecule has 72 heavy (non-hydrogen) atoms. The molecule has 0 amide bonds. The molecule has 0 aromatic heterocycles. The van der Waals surface area contributed by atoms with Crippen LogP contribution >= 0.6 is 0 Å². The van der Waals surface area contributed by atoms with Crippen LogP contribution in [-0.4, -0.2) is 88.6 Å². The van der Waals surface area contributed by atoms with E-state index in [4.69, 9.17) is 40.9 Å². The molecule has 0 heterocycles. The fourth-order valence-corrected chi connectivity index (χ4v) is 4.65. The number of rotatable bonds is 8. The molecule has 0 aliphatic rings. The lowest BCUT2D eigenvalue weighted by Crippen LogP contribution is -1.93. The van der Waals surface area contributed by atoms with Crippen LogP contribution in [0.25, 0.3) is 0 Å². The molecule has 8 aromatic carbocycles. The highest BCUT2D eigenvalue weighted by molar-refractivity contribution is 5.90. The fraction of sp³-hybridized carbons (Fsp3) is 0. The summed E-state index contributed by atoms with van der Waals surface area (Å²) in [6.07, 6.45) is 0. The van der Waals surface area contributed by atoms with Crippen LogP contribution in [0.2, 0.25) is 0 Å². The summed E-state index contributed by atoms with van der Waals surface area (Å²) in [6, 6.07) is 66.4. The van der Waals surface area contributed by atoms with Gasteiger partial charge >= 0.3 is 47.8 Å². The van der Waals surface area contributed by atoms with Crippen molar-refractivity contribution in [3.8, 4) is 0 Å². The average molecular weight is 977 g/mol. The second kappa shape index (κ2) is 35.7. The van der Waals surface area contributed by atoms with Crippen molar-refractivity contribution in [2.24, 2.45) is 0 Å². The zero-order valence-corrected chi connectivity index (χ0v) is 37.9. The topological polar surface area (TPSA) is 298 Å². The molecule has 0 saturated heterocycles. The lowest BCUT2D eigenvalue weighted by Gasteiger charge is -1.88. The first-order chi connectivity index (χ1) is 34.4. The quantitative estimate of drug-likeness (QED) is 0.0702. The maximum Gasteiger partial charge on any atom is 0.335 e. The van der Waals surface area contributed by atoms with Gasteiger partial charge in [0.1, 0.15) is 0 Å². The van der Waals surface area contributed by atoms with E-state index in [0.717, 1.165) is 0 Å². The summed E-state index contributed by atoms with van der Waals surface area (Å²) in [5.74, 6) is -7.03. The predicted octanol–water partition coefficient (Wildman–Crippen LogP) is 11.1. The van der Waals surface area contributed by atoms with Crippen LogP contribution in [0.4, 0.5) is 0 Å². The van der Waals surface area contributed by atoms with Crippen LogP contribution in [0.1, 0.15) is 82.9 Å². The predicted molar refractivity (Wildman–Crippen MR) is 267 cm³/mol. The van der Waals surface area contributed by atoms with Gasteiger partial charge in [0.05, 0.1) is 44.5 Å². The molecule has 368 valence electrons.